The van der Waals surface area contributed by atoms with Crippen LogP contribution in [0.4, 0.5) is 0 Å². The van der Waals surface area contributed by atoms with Crippen LogP contribution in [0.3, 0.4) is 0 Å². The van der Waals surface area contributed by atoms with E-state index in [1.807, 2.05) is 6.92 Å². The highest BCUT2D eigenvalue weighted by atomic mass is 16.7. The van der Waals surface area contributed by atoms with Gasteiger partial charge in [-0.15, -0.1) is 0 Å². The molecule has 0 radical (unpaired) electrons. The standard InChI is InChI=1S/C31H48O4/c1-17-16-31(19(3)18(2)26(33)35-31)34-25-15-22-21(29(7)14-11-20(17)30(25,29)8)9-10-23-27(4,5)24(32)12-13-28(22,23)6/h17-20,23-25,32H,9-16H2,1-8H3/t17-,18+,19+,20?,23?,24?,25?,28-,29+,30+,31?/m1/s1. The fourth-order valence-corrected chi connectivity index (χ4v) is 10.9. The third-order valence-electron chi connectivity index (χ3n) is 13.6. The second-order valence-electron chi connectivity index (χ2n) is 14.9. The molecule has 6 aliphatic rings. The van der Waals surface area contributed by atoms with E-state index in [-0.39, 0.29) is 51.7 Å². The lowest BCUT2D eigenvalue weighted by Crippen LogP contribution is -2.59. The summed E-state index contributed by atoms with van der Waals surface area (Å²) in [6, 6.07) is 0. The molecule has 0 aromatic rings. The first-order valence-corrected chi connectivity index (χ1v) is 14.5. The Hall–Kier alpha value is -0.870. The van der Waals surface area contributed by atoms with Gasteiger partial charge in [-0.2, -0.15) is 0 Å². The Bertz CT molecular complexity index is 982. The molecule has 4 fully saturated rings. The number of rotatable bonds is 0. The van der Waals surface area contributed by atoms with Gasteiger partial charge in [-0.1, -0.05) is 66.5 Å². The van der Waals surface area contributed by atoms with Gasteiger partial charge in [0.2, 0.25) is 5.79 Å². The Balaban J connectivity index is 1.49. The molecule has 196 valence electrons. The van der Waals surface area contributed by atoms with E-state index in [2.05, 4.69) is 48.5 Å². The lowest BCUT2D eigenvalue weighted by Gasteiger charge is -2.63. The van der Waals surface area contributed by atoms with Crippen LogP contribution in [0.5, 0.6) is 0 Å². The molecule has 2 saturated heterocycles. The molecule has 0 aromatic carbocycles. The fraction of sp³-hybridized carbons (Fsp3) is 0.903. The number of carbonyl (C=O) groups excluding carboxylic acids is 1. The second-order valence-corrected chi connectivity index (χ2v) is 14.9. The number of hydrogen-bond acceptors (Lipinski definition) is 4. The maximum atomic E-state index is 12.8. The van der Waals surface area contributed by atoms with Crippen molar-refractivity contribution >= 4 is 5.97 Å². The van der Waals surface area contributed by atoms with Gasteiger partial charge in [-0.3, -0.25) is 4.79 Å². The molecule has 4 aliphatic carbocycles. The van der Waals surface area contributed by atoms with E-state index >= 15 is 0 Å². The summed E-state index contributed by atoms with van der Waals surface area (Å²) in [5.74, 6) is 0.616. The molecule has 0 aromatic heterocycles. The number of ether oxygens (including phenoxy) is 2. The van der Waals surface area contributed by atoms with Crippen molar-refractivity contribution in [2.45, 2.75) is 125 Å². The molecule has 1 spiro atoms. The Kier molecular flexibility index (Phi) is 5.00. The van der Waals surface area contributed by atoms with E-state index in [1.54, 1.807) is 11.1 Å². The Labute approximate surface area is 212 Å². The van der Waals surface area contributed by atoms with E-state index < -0.39 is 5.79 Å². The molecule has 6 rings (SSSR count). The first-order chi connectivity index (χ1) is 16.2. The molecule has 4 nitrogen and oxygen atoms in total. The molecule has 5 unspecified atom stereocenters. The summed E-state index contributed by atoms with van der Waals surface area (Å²) in [7, 11) is 0. The van der Waals surface area contributed by atoms with Crippen molar-refractivity contribution < 1.29 is 19.4 Å². The molecule has 35 heavy (non-hydrogen) atoms. The van der Waals surface area contributed by atoms with Crippen LogP contribution in [0.15, 0.2) is 11.1 Å². The van der Waals surface area contributed by atoms with Crippen molar-refractivity contribution in [3.63, 3.8) is 0 Å². The topological polar surface area (TPSA) is 55.8 Å². The van der Waals surface area contributed by atoms with Crippen molar-refractivity contribution in [1.82, 2.24) is 0 Å². The normalized spacial score (nSPS) is 56.8. The molecule has 0 bridgehead atoms. The van der Waals surface area contributed by atoms with Gasteiger partial charge in [-0.05, 0) is 78.9 Å². The van der Waals surface area contributed by atoms with Crippen molar-refractivity contribution in [3.8, 4) is 0 Å². The Morgan fingerprint density at radius 1 is 0.943 bits per heavy atom. The highest BCUT2D eigenvalue weighted by Crippen LogP contribution is 2.74. The molecule has 2 aliphatic heterocycles. The maximum absolute atomic E-state index is 12.8. The SMILES string of the molecule is C[C@@H]1CC2(OC(=O)[C@@H](C)[C@@H]2C)OC2CC3=C(CCC4C(C)(C)C(O)CC[C@]34C)[C@]3(C)CCC1[C@@]23C. The minimum atomic E-state index is -0.788. The van der Waals surface area contributed by atoms with E-state index in [1.165, 1.54) is 25.7 Å². The summed E-state index contributed by atoms with van der Waals surface area (Å²) in [6.45, 7) is 18.8. The highest BCUT2D eigenvalue weighted by molar-refractivity contribution is 5.75. The third-order valence-corrected chi connectivity index (χ3v) is 13.6. The zero-order chi connectivity index (χ0) is 25.3. The van der Waals surface area contributed by atoms with Gasteiger partial charge in [-0.25, -0.2) is 0 Å². The average Bonchev–Trinajstić information content (AvgIpc) is 3.14. The summed E-state index contributed by atoms with van der Waals surface area (Å²) >= 11 is 0. The lowest BCUT2D eigenvalue weighted by molar-refractivity contribution is -0.269. The number of aliphatic hydroxyl groups is 1. The van der Waals surface area contributed by atoms with Gasteiger partial charge in [0, 0.05) is 17.8 Å². The van der Waals surface area contributed by atoms with Crippen molar-refractivity contribution in [3.05, 3.63) is 11.1 Å². The minimum Gasteiger partial charge on any atom is -0.432 e. The van der Waals surface area contributed by atoms with E-state index in [0.29, 0.717) is 17.8 Å². The molecule has 1 N–H and O–H groups in total. The number of fused-ring (bicyclic) bond motifs is 3. The van der Waals surface area contributed by atoms with Gasteiger partial charge in [0.25, 0.3) is 0 Å². The van der Waals surface area contributed by atoms with Gasteiger partial charge in [0.15, 0.2) is 0 Å². The monoisotopic (exact) mass is 484 g/mol. The highest BCUT2D eigenvalue weighted by Gasteiger charge is 2.70. The third kappa shape index (κ3) is 2.75. The number of allylic oxidation sites excluding steroid dienone is 1. The zero-order valence-corrected chi connectivity index (χ0v) is 23.4. The quantitative estimate of drug-likeness (QED) is 0.309. The van der Waals surface area contributed by atoms with Crippen LogP contribution in [-0.2, 0) is 14.3 Å². The predicted molar refractivity (Wildman–Crippen MR) is 136 cm³/mol. The van der Waals surface area contributed by atoms with Crippen LogP contribution in [0.2, 0.25) is 0 Å². The van der Waals surface area contributed by atoms with Crippen LogP contribution in [0.25, 0.3) is 0 Å². The Morgan fingerprint density at radius 3 is 2.31 bits per heavy atom. The first-order valence-electron chi connectivity index (χ1n) is 14.5. The van der Waals surface area contributed by atoms with Crippen LogP contribution in [-0.4, -0.2) is 29.1 Å². The molecule has 0 amide bonds. The summed E-state index contributed by atoms with van der Waals surface area (Å²) in [5.41, 5.74) is 3.60. The lowest BCUT2D eigenvalue weighted by atomic mass is 9.43. The van der Waals surface area contributed by atoms with Crippen LogP contribution < -0.4 is 0 Å². The maximum Gasteiger partial charge on any atom is 0.311 e. The number of esters is 1. The summed E-state index contributed by atoms with van der Waals surface area (Å²) in [4.78, 5) is 12.8. The molecule has 2 heterocycles. The molecule has 11 atom stereocenters. The number of aliphatic hydroxyl groups excluding tert-OH is 1. The molecular weight excluding hydrogens is 436 g/mol. The van der Waals surface area contributed by atoms with Gasteiger partial charge < -0.3 is 14.6 Å². The number of carbonyl (C=O) groups is 1. The number of hydrogen-bond donors (Lipinski definition) is 1. The second kappa shape index (κ2) is 7.16. The summed E-state index contributed by atoms with van der Waals surface area (Å²) in [5, 5.41) is 11.0. The zero-order valence-electron chi connectivity index (χ0n) is 23.4. The minimum absolute atomic E-state index is 0.0552. The van der Waals surface area contributed by atoms with Crippen LogP contribution in [0, 0.1) is 51.2 Å². The summed E-state index contributed by atoms with van der Waals surface area (Å²) < 4.78 is 13.5. The first kappa shape index (κ1) is 24.5. The van der Waals surface area contributed by atoms with Crippen LogP contribution in [0.1, 0.15) is 107 Å². The Morgan fingerprint density at radius 2 is 1.66 bits per heavy atom. The molecule has 4 heteroatoms. The van der Waals surface area contributed by atoms with Gasteiger partial charge in [0.05, 0.1) is 18.1 Å². The summed E-state index contributed by atoms with van der Waals surface area (Å²) in [6.07, 6.45) is 8.40. The van der Waals surface area contributed by atoms with Gasteiger partial charge in [0.1, 0.15) is 0 Å². The smallest absolute Gasteiger partial charge is 0.311 e. The molecular formula is C31H48O4. The average molecular weight is 485 g/mol. The van der Waals surface area contributed by atoms with Crippen molar-refractivity contribution in [2.24, 2.45) is 51.2 Å². The fourth-order valence-electron chi connectivity index (χ4n) is 10.9. The molecule has 2 saturated carbocycles. The van der Waals surface area contributed by atoms with E-state index in [4.69, 9.17) is 9.47 Å². The van der Waals surface area contributed by atoms with E-state index in [0.717, 1.165) is 25.7 Å². The largest absolute Gasteiger partial charge is 0.432 e. The predicted octanol–water partition coefficient (Wildman–Crippen LogP) is 6.66. The van der Waals surface area contributed by atoms with Gasteiger partial charge >= 0.3 is 5.97 Å². The van der Waals surface area contributed by atoms with Crippen molar-refractivity contribution in [2.75, 3.05) is 0 Å². The van der Waals surface area contributed by atoms with Crippen molar-refractivity contribution in [1.29, 1.82) is 0 Å². The van der Waals surface area contributed by atoms with Crippen LogP contribution >= 0.6 is 0 Å². The van der Waals surface area contributed by atoms with E-state index in [9.17, 15) is 9.90 Å².